The summed E-state index contributed by atoms with van der Waals surface area (Å²) in [6.45, 7) is 7.34. The lowest BCUT2D eigenvalue weighted by Gasteiger charge is -2.36. The average molecular weight is 689 g/mol. The number of carbonyl (C=O) groups excluding carboxylic acids is 3. The summed E-state index contributed by atoms with van der Waals surface area (Å²) in [5.41, 5.74) is 7.08. The Morgan fingerprint density at radius 2 is 1.68 bits per heavy atom. The summed E-state index contributed by atoms with van der Waals surface area (Å²) < 4.78 is 15.4. The van der Waals surface area contributed by atoms with Gasteiger partial charge in [-0.05, 0) is 24.3 Å². The second-order valence-corrected chi connectivity index (χ2v) is 10.8. The zero-order valence-corrected chi connectivity index (χ0v) is 27.5. The molecule has 17 heteroatoms. The Kier molecular flexibility index (Phi) is 11.9. The normalized spacial score (nSPS) is 12.9. The molecule has 4 rings (SSSR count). The first-order valence-electron chi connectivity index (χ1n) is 14.2. The van der Waals surface area contributed by atoms with Crippen LogP contribution in [0.25, 0.3) is 0 Å². The summed E-state index contributed by atoms with van der Waals surface area (Å²) in [5.74, 6) is 0.728. The van der Waals surface area contributed by atoms with Gasteiger partial charge in [0.05, 0.1) is 31.3 Å². The Bertz CT molecular complexity index is 1610. The molecule has 47 heavy (non-hydrogen) atoms. The number of halogens is 2. The van der Waals surface area contributed by atoms with Gasteiger partial charge in [-0.2, -0.15) is 0 Å². The lowest BCUT2D eigenvalue weighted by Crippen LogP contribution is -2.47. The maximum atomic E-state index is 13.2. The number of primary amides is 1. The van der Waals surface area contributed by atoms with Gasteiger partial charge in [0.2, 0.25) is 5.91 Å². The van der Waals surface area contributed by atoms with Crippen LogP contribution in [0.3, 0.4) is 0 Å². The quantitative estimate of drug-likeness (QED) is 0.196. The number of hydrogen-bond acceptors (Lipinski definition) is 11. The minimum absolute atomic E-state index is 0.0966. The fraction of sp³-hybridized carbons (Fsp3) is 0.300. The van der Waals surface area contributed by atoms with E-state index >= 15 is 0 Å². The van der Waals surface area contributed by atoms with Crippen molar-refractivity contribution >= 4 is 75.6 Å². The van der Waals surface area contributed by atoms with E-state index in [0.29, 0.717) is 23.7 Å². The maximum Gasteiger partial charge on any atom is 0.404 e. The highest BCUT2D eigenvalue weighted by Crippen LogP contribution is 2.44. The molecule has 1 aromatic heterocycles. The van der Waals surface area contributed by atoms with E-state index in [1.807, 2.05) is 18.2 Å². The van der Waals surface area contributed by atoms with Crippen molar-refractivity contribution in [1.82, 2.24) is 14.9 Å². The van der Waals surface area contributed by atoms with Crippen molar-refractivity contribution in [3.63, 3.8) is 0 Å². The fourth-order valence-electron chi connectivity index (χ4n) is 4.66. The first kappa shape index (κ1) is 34.9. The molecule has 3 aromatic rings. The van der Waals surface area contributed by atoms with E-state index in [-0.39, 0.29) is 39.7 Å². The number of nitrogens with one attached hydrogen (secondary N) is 3. The van der Waals surface area contributed by atoms with E-state index in [4.69, 9.17) is 43.1 Å². The summed E-state index contributed by atoms with van der Waals surface area (Å²) in [6, 6.07) is 8.07. The van der Waals surface area contributed by atoms with Crippen LogP contribution in [0.15, 0.2) is 49.3 Å². The van der Waals surface area contributed by atoms with Crippen LogP contribution in [0.5, 0.6) is 11.5 Å². The van der Waals surface area contributed by atoms with Gasteiger partial charge in [0.1, 0.15) is 46.1 Å². The van der Waals surface area contributed by atoms with Crippen molar-refractivity contribution in [3.8, 4) is 11.5 Å². The van der Waals surface area contributed by atoms with Gasteiger partial charge in [-0.25, -0.2) is 19.6 Å². The van der Waals surface area contributed by atoms with E-state index < -0.39 is 18.0 Å². The van der Waals surface area contributed by atoms with Crippen LogP contribution in [-0.4, -0.2) is 93.5 Å². The highest BCUT2D eigenvalue weighted by atomic mass is 35.5. The van der Waals surface area contributed by atoms with Crippen LogP contribution in [0.1, 0.15) is 0 Å². The maximum absolute atomic E-state index is 13.2. The van der Waals surface area contributed by atoms with Crippen molar-refractivity contribution in [1.29, 1.82) is 0 Å². The summed E-state index contributed by atoms with van der Waals surface area (Å²) in [5, 5.41) is 8.90. The molecule has 0 atom stereocenters. The summed E-state index contributed by atoms with van der Waals surface area (Å²) in [4.78, 5) is 50.5. The predicted octanol–water partition coefficient (Wildman–Crippen LogP) is 4.55. The first-order valence-corrected chi connectivity index (χ1v) is 15.0. The summed E-state index contributed by atoms with van der Waals surface area (Å²) in [6.07, 6.45) is 1.68. The smallest absolute Gasteiger partial charge is 0.404 e. The number of carbonyl (C=O) groups is 3. The topological polar surface area (TPSA) is 177 Å². The van der Waals surface area contributed by atoms with Crippen LogP contribution >= 0.6 is 23.2 Å². The summed E-state index contributed by atoms with van der Waals surface area (Å²) in [7, 11) is 4.37. The molecule has 5 N–H and O–H groups in total. The molecule has 15 nitrogen and oxygen atoms in total. The number of piperazine rings is 1. The molecule has 1 aliphatic rings. The van der Waals surface area contributed by atoms with E-state index in [9.17, 15) is 14.4 Å². The standard InChI is InChI=1S/C30H35Cl2N9O6/c1-5-25(42)37-20-14-18(41-10-8-40(9-11-41)12-13-47-29(33)43)6-7-19(20)36-23-16-24(35-17-34-23)39(2)30(44)38-28-26(31)21(45-3)15-22(46-4)27(28)32/h5-7,14-17H,1,8-13H2,2-4H3,(H2,33,43)(H,37,42)(H,38,44)(H,34,35,36). The lowest BCUT2D eigenvalue weighted by atomic mass is 10.2. The number of aromatic nitrogens is 2. The third-order valence-electron chi connectivity index (χ3n) is 7.20. The van der Waals surface area contributed by atoms with Gasteiger partial charge in [0.25, 0.3) is 0 Å². The highest BCUT2D eigenvalue weighted by Gasteiger charge is 2.23. The second kappa shape index (κ2) is 16.0. The molecule has 0 radical (unpaired) electrons. The van der Waals surface area contributed by atoms with E-state index in [2.05, 4.69) is 42.3 Å². The molecule has 0 unspecified atom stereocenters. The molecule has 4 amide bonds. The fourth-order valence-corrected chi connectivity index (χ4v) is 5.25. The Morgan fingerprint density at radius 1 is 1.00 bits per heavy atom. The monoisotopic (exact) mass is 687 g/mol. The molecular weight excluding hydrogens is 653 g/mol. The SMILES string of the molecule is C=CC(=O)Nc1cc(N2CCN(CCOC(N)=O)CC2)ccc1Nc1cc(N(C)C(=O)Nc2c(Cl)c(OC)cc(OC)c2Cl)ncn1. The number of nitrogens with zero attached hydrogens (tertiary/aromatic N) is 5. The van der Waals surface area contributed by atoms with Crippen LogP contribution in [0, 0.1) is 0 Å². The third kappa shape index (κ3) is 8.84. The van der Waals surface area contributed by atoms with Gasteiger partial charge >= 0.3 is 12.1 Å². The molecule has 0 aliphatic carbocycles. The van der Waals surface area contributed by atoms with Crippen molar-refractivity contribution in [2.24, 2.45) is 5.73 Å². The molecule has 1 fully saturated rings. The Labute approximate surface area is 281 Å². The van der Waals surface area contributed by atoms with Crippen molar-refractivity contribution in [2.45, 2.75) is 0 Å². The minimum atomic E-state index is -0.788. The van der Waals surface area contributed by atoms with Crippen molar-refractivity contribution in [3.05, 3.63) is 59.4 Å². The molecule has 250 valence electrons. The van der Waals surface area contributed by atoms with Crippen LogP contribution in [0.2, 0.25) is 10.0 Å². The first-order chi connectivity index (χ1) is 22.5. The van der Waals surface area contributed by atoms with Crippen molar-refractivity contribution < 1.29 is 28.6 Å². The number of benzene rings is 2. The zero-order valence-electron chi connectivity index (χ0n) is 26.0. The molecule has 1 aliphatic heterocycles. The number of methoxy groups -OCH3 is 2. The van der Waals surface area contributed by atoms with Gasteiger partial charge in [0.15, 0.2) is 0 Å². The Balaban J connectivity index is 1.49. The van der Waals surface area contributed by atoms with Crippen molar-refractivity contribution in [2.75, 3.05) is 86.3 Å². The number of hydrogen-bond donors (Lipinski definition) is 4. The predicted molar refractivity (Wildman–Crippen MR) is 182 cm³/mol. The molecule has 0 saturated carbocycles. The Hall–Kier alpha value is -4.99. The molecule has 1 saturated heterocycles. The molecule has 0 spiro atoms. The van der Waals surface area contributed by atoms with Crippen LogP contribution < -0.4 is 41.0 Å². The lowest BCUT2D eigenvalue weighted by molar-refractivity contribution is -0.111. The average Bonchev–Trinajstić information content (AvgIpc) is 3.07. The molecule has 2 heterocycles. The number of ether oxygens (including phenoxy) is 3. The number of anilines is 6. The van der Waals surface area contributed by atoms with E-state index in [1.54, 1.807) is 6.07 Å². The van der Waals surface area contributed by atoms with E-state index in [1.165, 1.54) is 44.6 Å². The van der Waals surface area contributed by atoms with Gasteiger partial charge < -0.3 is 40.8 Å². The molecular formula is C30H35Cl2N9O6. The number of rotatable bonds is 12. The number of nitrogens with two attached hydrogens (primary N) is 1. The van der Waals surface area contributed by atoms with Crippen LogP contribution in [0.4, 0.5) is 44.0 Å². The van der Waals surface area contributed by atoms with Gasteiger partial charge in [-0.3, -0.25) is 14.6 Å². The largest absolute Gasteiger partial charge is 0.495 e. The van der Waals surface area contributed by atoms with Gasteiger partial charge in [-0.15, -0.1) is 0 Å². The third-order valence-corrected chi connectivity index (χ3v) is 7.96. The zero-order chi connectivity index (χ0) is 34.1. The summed E-state index contributed by atoms with van der Waals surface area (Å²) >= 11 is 12.8. The van der Waals surface area contributed by atoms with Crippen LogP contribution in [-0.2, 0) is 9.53 Å². The Morgan fingerprint density at radius 3 is 2.30 bits per heavy atom. The highest BCUT2D eigenvalue weighted by molar-refractivity contribution is 6.41. The van der Waals surface area contributed by atoms with Gasteiger partial charge in [0, 0.05) is 57.6 Å². The minimum Gasteiger partial charge on any atom is -0.495 e. The second-order valence-electron chi connectivity index (χ2n) is 10.1. The molecule has 0 bridgehead atoms. The van der Waals surface area contributed by atoms with Gasteiger partial charge in [-0.1, -0.05) is 29.8 Å². The number of amides is 4. The number of urea groups is 1. The molecule has 2 aromatic carbocycles. The van der Waals surface area contributed by atoms with E-state index in [0.717, 1.165) is 31.9 Å².